The van der Waals surface area contributed by atoms with Crippen LogP contribution in [0.1, 0.15) is 111 Å². The number of sulfonamides is 1. The predicted octanol–water partition coefficient (Wildman–Crippen LogP) is -0.538. The summed E-state index contributed by atoms with van der Waals surface area (Å²) in [7, 11) is -24.2. The van der Waals surface area contributed by atoms with Gasteiger partial charge in [-0.2, -0.15) is 4.58 Å². The van der Waals surface area contributed by atoms with Crippen LogP contribution in [-0.4, -0.2) is 150 Å². The fraction of sp³-hybridized carbons (Fsp3) is 0.373. The van der Waals surface area contributed by atoms with Gasteiger partial charge in [-0.05, 0) is 146 Å². The maximum absolute atomic E-state index is 14.2. The molecule has 0 saturated carbocycles. The molecule has 8 rings (SSSR count). The first-order valence-corrected chi connectivity index (χ1v) is 37.9. The van der Waals surface area contributed by atoms with Gasteiger partial charge in [0.1, 0.15) is 64.6 Å². The van der Waals surface area contributed by atoms with E-state index in [1.54, 1.807) is 85.8 Å². The molecule has 0 radical (unpaired) electrons. The number of carbonyl (C=O) groups is 3. The van der Waals surface area contributed by atoms with Gasteiger partial charge >= 0.3 is 154 Å². The van der Waals surface area contributed by atoms with Crippen molar-refractivity contribution in [2.24, 2.45) is 0 Å². The van der Waals surface area contributed by atoms with E-state index in [-0.39, 0.29) is 252 Å². The summed E-state index contributed by atoms with van der Waals surface area (Å²) in [6, 6.07) is 20.5. The molecule has 101 heavy (non-hydrogen) atoms. The Hall–Kier alpha value is -2.72. The van der Waals surface area contributed by atoms with Gasteiger partial charge < -0.3 is 37.9 Å². The molecule has 26 nitrogen and oxygen atoms in total. The fourth-order valence-corrected chi connectivity index (χ4v) is 16.5. The van der Waals surface area contributed by atoms with E-state index >= 15 is 0 Å². The quantitative estimate of drug-likeness (QED) is 0.00908. The number of hydrogen-bond donors (Lipinski definition) is 3. The van der Waals surface area contributed by atoms with Gasteiger partial charge in [0.05, 0.1) is 50.2 Å². The van der Waals surface area contributed by atoms with Crippen molar-refractivity contribution in [1.29, 1.82) is 0 Å². The molecular weight excluding hydrogens is 1490 g/mol. The Morgan fingerprint density at radius 1 is 0.634 bits per heavy atom. The average molecular weight is 1570 g/mol. The summed E-state index contributed by atoms with van der Waals surface area (Å²) in [5, 5.41) is 12.2. The monoisotopic (exact) mass is 1570 g/mol. The molecule has 1 atom stereocenters. The Morgan fingerprint density at radius 2 is 1.19 bits per heavy atom. The Morgan fingerprint density at radius 3 is 1.72 bits per heavy atom. The van der Waals surface area contributed by atoms with Gasteiger partial charge in [0, 0.05) is 85.3 Å². The van der Waals surface area contributed by atoms with E-state index in [4.69, 9.17) is 14.3 Å². The second-order valence-corrected chi connectivity index (χ2v) is 31.2. The van der Waals surface area contributed by atoms with Crippen LogP contribution >= 0.6 is 0 Å². The number of amides is 2. The van der Waals surface area contributed by atoms with Crippen molar-refractivity contribution in [3.05, 3.63) is 144 Å². The van der Waals surface area contributed by atoms with Crippen LogP contribution in [0, 0.1) is 0 Å². The van der Waals surface area contributed by atoms with Crippen LogP contribution in [-0.2, 0) is 85.3 Å². The number of hydrogen-bond acceptors (Lipinski definition) is 22. The van der Waals surface area contributed by atoms with Crippen molar-refractivity contribution in [2.75, 3.05) is 51.5 Å². The number of ketones is 1. The molecule has 0 aromatic heterocycles. The van der Waals surface area contributed by atoms with Crippen LogP contribution in [0.25, 0.3) is 32.7 Å². The molecule has 6 aromatic carbocycles. The second-order valence-electron chi connectivity index (χ2n) is 24.0. The first-order chi connectivity index (χ1) is 45.5. The van der Waals surface area contributed by atoms with Gasteiger partial charge in [-0.25, -0.2) is 47.6 Å². The molecule has 0 bridgehead atoms. The molecule has 530 valence electrons. The third-order valence-electron chi connectivity index (χ3n) is 17.0. The molecule has 34 heteroatoms. The summed E-state index contributed by atoms with van der Waals surface area (Å²) >= 11 is 0. The number of fused-ring (bicyclic) bond motifs is 6. The zero-order valence-corrected chi connectivity index (χ0v) is 70.5. The van der Waals surface area contributed by atoms with Crippen molar-refractivity contribution >= 4 is 107 Å². The van der Waals surface area contributed by atoms with Crippen molar-refractivity contribution in [1.82, 2.24) is 15.3 Å². The normalized spacial score (nSPS) is 15.1. The molecule has 0 unspecified atom stereocenters. The molecular formula is C67H78K3N5O21S5. The predicted molar refractivity (Wildman–Crippen MR) is 360 cm³/mol. The molecule has 0 saturated heterocycles. The van der Waals surface area contributed by atoms with Crippen molar-refractivity contribution in [3.63, 3.8) is 0 Å². The van der Waals surface area contributed by atoms with Gasteiger partial charge in [-0.1, -0.05) is 81.2 Å². The second kappa shape index (κ2) is 37.9. The topological polar surface area (TPSA) is 396 Å². The smallest absolute Gasteiger partial charge is 0.744 e. The summed E-state index contributed by atoms with van der Waals surface area (Å²) in [6.45, 7) is 10.8. The first-order valence-electron chi connectivity index (χ1n) is 30.8. The zero-order chi connectivity index (χ0) is 71.2. The number of allylic oxidation sites excluding steroid dienone is 6. The summed E-state index contributed by atoms with van der Waals surface area (Å²) < 4.78 is 191. The van der Waals surface area contributed by atoms with E-state index in [1.807, 2.05) is 44.1 Å². The van der Waals surface area contributed by atoms with E-state index in [1.165, 1.54) is 36.9 Å². The van der Waals surface area contributed by atoms with E-state index in [0.29, 0.717) is 101 Å². The van der Waals surface area contributed by atoms with Crippen LogP contribution in [0.2, 0.25) is 0 Å². The van der Waals surface area contributed by atoms with Gasteiger partial charge in [0.25, 0.3) is 15.9 Å². The number of Topliss-reactive ketones (excluding diaryl/α,β-unsaturated/α-hetero) is 1. The summed E-state index contributed by atoms with van der Waals surface area (Å²) in [5.74, 6) is -0.926. The van der Waals surface area contributed by atoms with Crippen molar-refractivity contribution in [3.8, 4) is 16.9 Å². The van der Waals surface area contributed by atoms with Crippen molar-refractivity contribution < 1.29 is 253 Å². The van der Waals surface area contributed by atoms with E-state index in [2.05, 4.69) is 5.32 Å². The van der Waals surface area contributed by atoms with E-state index in [0.717, 1.165) is 17.7 Å². The Labute approximate surface area is 718 Å². The number of hydroxylamine groups is 2. The van der Waals surface area contributed by atoms with Crippen LogP contribution in [0.15, 0.2) is 158 Å². The van der Waals surface area contributed by atoms with Gasteiger partial charge in [0.15, 0.2) is 5.71 Å². The number of methoxy groups -OCH3 is 1. The Kier molecular flexibility index (Phi) is 34.0. The molecule has 0 spiro atoms. The third-order valence-corrected chi connectivity index (χ3v) is 22.1. The third kappa shape index (κ3) is 21.4. The number of unbranched alkanes of at least 4 members (excludes halogenated alkanes) is 2. The maximum atomic E-state index is 14.2. The SMILES string of the molecule is C.CCC(=O)NCC[C@H](C(=O)NO)N(OCCOCCCC(=O)CCCCC[N+]1=C(C=CC=CC=C2N(CC)c3ccc4c(S(=O)(=O)[O-])cc(S(=O)(=O)[O-])cc4c3C2(C)C)C(C)(C)c2c1ccc1c(S(=O)(=O)[O-])cc(S(=O)(=O)[O-])cc21)S(=O)(=O)c1ccc(-c2ccc(OC)cc2)cc1.[K+].[K+].[K+]. The Bertz CT molecular complexity index is 4780. The van der Waals surface area contributed by atoms with Gasteiger partial charge in [-0.3, -0.25) is 24.4 Å². The minimum atomic E-state index is -5.32. The molecule has 2 aliphatic rings. The van der Waals surface area contributed by atoms with Crippen LogP contribution in [0.3, 0.4) is 0 Å². The largest absolute Gasteiger partial charge is 1.00 e. The molecule has 2 aliphatic heterocycles. The van der Waals surface area contributed by atoms with Gasteiger partial charge in [-0.15, -0.1) is 0 Å². The molecule has 0 fully saturated rings. The summed E-state index contributed by atoms with van der Waals surface area (Å²) in [5.41, 5.74) is 4.22. The fourth-order valence-electron chi connectivity index (χ4n) is 12.4. The standard InChI is InChI=1S/C66H77N5O21S5.CH4.3K/c1-8-61(73)67-34-33-56(64(74)68-75)71(93(76,77)47-27-23-44(24-28-47)43-21-25-46(90-7)26-22-43)92-38-37-91-36-16-18-45(72)17-12-11-15-35-70-55-32-30-51-53(40-49(95(81,82)83)42-58(51)97(87,88)89)63(55)66(5,6)60(70)20-14-10-13-19-59-65(3,4)62-52-39-48(94(78,79)80)41-57(96(84,85)86)50(52)29-31-54(62)69(59)9-2;;;;/h10,13-14,19-32,39-42,56H,8-9,11-12,15-18,33-38H2,1-7H3,(H6-,67,68,73,74,75,78,79,80,81,82,83,84,85,86,87,88,89);1H4;;;/q;;3*+1/p-3/t56-;;;;/m1..../s1. The average Bonchev–Trinajstić information content (AvgIpc) is 1.60. The van der Waals surface area contributed by atoms with Crippen LogP contribution in [0.5, 0.6) is 5.75 Å². The summed E-state index contributed by atoms with van der Waals surface area (Å²) in [4.78, 5) is 42.2. The minimum Gasteiger partial charge on any atom is -0.744 e. The number of carbonyl (C=O) groups excluding carboxylic acids is 3. The number of likely N-dealkylation sites (N-methyl/N-ethyl adjacent to an activating group) is 1. The number of ether oxygens (including phenoxy) is 2. The number of anilines is 1. The number of nitrogens with one attached hydrogen (secondary N) is 2. The number of benzene rings is 6. The summed E-state index contributed by atoms with van der Waals surface area (Å²) in [6.07, 6.45) is 10.7. The molecule has 6 aromatic rings. The van der Waals surface area contributed by atoms with Crippen LogP contribution < -0.4 is 175 Å². The minimum absolute atomic E-state index is 0. The van der Waals surface area contributed by atoms with E-state index < -0.39 is 92.9 Å². The first kappa shape index (κ1) is 90.7. The Balaban J connectivity index is 0.00000541. The molecule has 2 amide bonds. The van der Waals surface area contributed by atoms with Crippen LogP contribution in [0.4, 0.5) is 11.4 Å². The molecule has 3 N–H and O–H groups in total. The number of nitrogens with zero attached hydrogens (tertiary/aromatic N) is 3. The molecule has 0 aliphatic carbocycles. The zero-order valence-electron chi connectivity index (χ0n) is 57.1. The molecule has 2 heterocycles. The number of rotatable bonds is 32. The maximum Gasteiger partial charge on any atom is 1.00 e. The van der Waals surface area contributed by atoms with Crippen molar-refractivity contribution in [2.45, 2.75) is 142 Å². The van der Waals surface area contributed by atoms with E-state index in [9.17, 15) is 79.9 Å². The van der Waals surface area contributed by atoms with Gasteiger partial charge in [0.2, 0.25) is 11.6 Å².